The minimum atomic E-state index is -0.189. The van der Waals surface area contributed by atoms with Crippen LogP contribution >= 0.6 is 11.6 Å². The first-order valence-electron chi connectivity index (χ1n) is 12.0. The zero-order valence-electron chi connectivity index (χ0n) is 21.2. The molecule has 0 atom stereocenters. The van der Waals surface area contributed by atoms with Crippen LogP contribution < -0.4 is 11.3 Å². The SMILES string of the molecule is CC.CC.Cc1ccc(-c2ccc3nc(-c4cccnc4N)n(-c4ccc(CCl)cc4)c3n2)c(=O)[nH]1. The standard InChI is InChI=1S/C24H19ClN6O.2C2H6/c1-14-4-9-17(24(32)28-14)19-10-11-20-23(29-19)31(16-7-5-15(13-25)6-8-16)22(30-20)18-3-2-12-27-21(18)26;2*1-2/h2-12H,13H2,1H3,(H2,26,27)(H,28,32);2*1-2H3. The molecule has 7 nitrogen and oxygen atoms in total. The predicted octanol–water partition coefficient (Wildman–Crippen LogP) is 6.52. The van der Waals surface area contributed by atoms with Crippen molar-refractivity contribution >= 4 is 28.6 Å². The summed E-state index contributed by atoms with van der Waals surface area (Å²) in [5.74, 6) is 1.41. The van der Waals surface area contributed by atoms with Gasteiger partial charge in [0.05, 0.1) is 16.8 Å². The number of aryl methyl sites for hydroxylation is 1. The zero-order chi connectivity index (χ0) is 26.2. The lowest BCUT2D eigenvalue weighted by atomic mass is 10.1. The van der Waals surface area contributed by atoms with Gasteiger partial charge in [0.15, 0.2) is 11.5 Å². The Morgan fingerprint density at radius 2 is 1.64 bits per heavy atom. The van der Waals surface area contributed by atoms with Gasteiger partial charge >= 0.3 is 0 Å². The number of hydrogen-bond donors (Lipinski definition) is 2. The number of rotatable bonds is 4. The average molecular weight is 503 g/mol. The maximum absolute atomic E-state index is 12.5. The second kappa shape index (κ2) is 12.1. The van der Waals surface area contributed by atoms with E-state index in [1.807, 2.05) is 87.7 Å². The van der Waals surface area contributed by atoms with E-state index in [1.54, 1.807) is 18.3 Å². The van der Waals surface area contributed by atoms with E-state index in [0.29, 0.717) is 45.5 Å². The molecule has 0 bridgehead atoms. The lowest BCUT2D eigenvalue weighted by Crippen LogP contribution is -2.10. The minimum Gasteiger partial charge on any atom is -0.383 e. The van der Waals surface area contributed by atoms with Crippen molar-refractivity contribution in [1.82, 2.24) is 24.5 Å². The number of fused-ring (bicyclic) bond motifs is 1. The van der Waals surface area contributed by atoms with Crippen LogP contribution in [0.25, 0.3) is 39.5 Å². The van der Waals surface area contributed by atoms with Crippen molar-refractivity contribution in [2.24, 2.45) is 0 Å². The van der Waals surface area contributed by atoms with E-state index in [-0.39, 0.29) is 5.56 Å². The third kappa shape index (κ3) is 5.31. The summed E-state index contributed by atoms with van der Waals surface area (Å²) in [5, 5.41) is 0. The fraction of sp³-hybridized carbons (Fsp3) is 0.214. The van der Waals surface area contributed by atoms with Gasteiger partial charge in [-0.05, 0) is 61.0 Å². The van der Waals surface area contributed by atoms with E-state index < -0.39 is 0 Å². The molecule has 3 N–H and O–H groups in total. The van der Waals surface area contributed by atoms with Gasteiger partial charge in [0.1, 0.15) is 11.3 Å². The van der Waals surface area contributed by atoms with Crippen molar-refractivity contribution in [2.45, 2.75) is 40.5 Å². The molecule has 5 aromatic rings. The molecule has 0 radical (unpaired) electrons. The van der Waals surface area contributed by atoms with E-state index in [0.717, 1.165) is 16.9 Å². The van der Waals surface area contributed by atoms with Crippen LogP contribution in [0.4, 0.5) is 5.82 Å². The largest absolute Gasteiger partial charge is 0.383 e. The Balaban J connectivity index is 0.000000861. The van der Waals surface area contributed by atoms with Crippen molar-refractivity contribution < 1.29 is 0 Å². The number of nitrogen functional groups attached to an aromatic ring is 1. The second-order valence-electron chi connectivity index (χ2n) is 7.43. The number of alkyl halides is 1. The van der Waals surface area contributed by atoms with E-state index >= 15 is 0 Å². The molecule has 0 spiro atoms. The van der Waals surface area contributed by atoms with Gasteiger partial charge in [-0.3, -0.25) is 9.36 Å². The average Bonchev–Trinajstić information content (AvgIpc) is 3.30. The Morgan fingerprint density at radius 1 is 0.917 bits per heavy atom. The van der Waals surface area contributed by atoms with Gasteiger partial charge < -0.3 is 10.7 Å². The summed E-state index contributed by atoms with van der Waals surface area (Å²) < 4.78 is 1.92. The summed E-state index contributed by atoms with van der Waals surface area (Å²) in [6.45, 7) is 9.84. The molecule has 0 aliphatic heterocycles. The fourth-order valence-corrected chi connectivity index (χ4v) is 3.83. The number of aromatic nitrogens is 5. The number of imidazole rings is 1. The third-order valence-corrected chi connectivity index (χ3v) is 5.57. The monoisotopic (exact) mass is 502 g/mol. The van der Waals surface area contributed by atoms with Crippen molar-refractivity contribution in [1.29, 1.82) is 0 Å². The van der Waals surface area contributed by atoms with E-state index in [1.165, 1.54) is 0 Å². The van der Waals surface area contributed by atoms with Gasteiger partial charge in [0, 0.05) is 23.5 Å². The smallest absolute Gasteiger partial charge is 0.257 e. The lowest BCUT2D eigenvalue weighted by Gasteiger charge is -2.11. The first-order chi connectivity index (χ1) is 17.5. The van der Waals surface area contributed by atoms with Crippen LogP contribution in [0.5, 0.6) is 0 Å². The van der Waals surface area contributed by atoms with Gasteiger partial charge in [-0.2, -0.15) is 0 Å². The van der Waals surface area contributed by atoms with Gasteiger partial charge in [0.2, 0.25) is 0 Å². The predicted molar refractivity (Wildman–Crippen MR) is 150 cm³/mol. The maximum atomic E-state index is 12.5. The highest BCUT2D eigenvalue weighted by atomic mass is 35.5. The molecule has 0 fully saturated rings. The highest BCUT2D eigenvalue weighted by Gasteiger charge is 2.19. The number of nitrogens with zero attached hydrogens (tertiary/aromatic N) is 4. The van der Waals surface area contributed by atoms with Gasteiger partial charge in [-0.25, -0.2) is 15.0 Å². The van der Waals surface area contributed by atoms with E-state index in [9.17, 15) is 4.79 Å². The fourth-order valence-electron chi connectivity index (χ4n) is 3.65. The summed E-state index contributed by atoms with van der Waals surface area (Å²) in [5.41, 5.74) is 11.7. The Hall–Kier alpha value is -3.97. The molecule has 5 rings (SSSR count). The Bertz CT molecular complexity index is 1510. The molecule has 0 saturated carbocycles. The van der Waals surface area contributed by atoms with Crippen LogP contribution in [-0.4, -0.2) is 24.5 Å². The number of aromatic amines is 1. The molecule has 186 valence electrons. The molecule has 4 heterocycles. The van der Waals surface area contributed by atoms with E-state index in [4.69, 9.17) is 27.3 Å². The molecule has 0 saturated heterocycles. The number of halogens is 1. The highest BCUT2D eigenvalue weighted by molar-refractivity contribution is 6.17. The number of benzene rings is 1. The molecule has 0 aliphatic rings. The van der Waals surface area contributed by atoms with Gasteiger partial charge in [0.25, 0.3) is 5.56 Å². The van der Waals surface area contributed by atoms with Crippen LogP contribution in [0, 0.1) is 6.92 Å². The first kappa shape index (κ1) is 26.6. The van der Waals surface area contributed by atoms with Crippen LogP contribution in [0.3, 0.4) is 0 Å². The topological polar surface area (TPSA) is 102 Å². The molecule has 1 aromatic carbocycles. The van der Waals surface area contributed by atoms with Gasteiger partial charge in [-0.15, -0.1) is 11.6 Å². The molecule has 0 aliphatic carbocycles. The number of pyridine rings is 3. The Kier molecular flexibility index (Phi) is 8.97. The van der Waals surface area contributed by atoms with Crippen molar-refractivity contribution in [3.63, 3.8) is 0 Å². The normalized spacial score (nSPS) is 10.3. The molecular weight excluding hydrogens is 472 g/mol. The Morgan fingerprint density at radius 3 is 2.28 bits per heavy atom. The molecule has 0 amide bonds. The minimum absolute atomic E-state index is 0.189. The van der Waals surface area contributed by atoms with Crippen LogP contribution in [0.2, 0.25) is 0 Å². The van der Waals surface area contributed by atoms with Crippen molar-refractivity contribution in [3.8, 4) is 28.3 Å². The number of nitrogens with one attached hydrogen (secondary N) is 1. The molecule has 0 unspecified atom stereocenters. The summed E-state index contributed by atoms with van der Waals surface area (Å²) >= 11 is 5.97. The zero-order valence-corrected chi connectivity index (χ0v) is 22.0. The lowest BCUT2D eigenvalue weighted by molar-refractivity contribution is 1.07. The second-order valence-corrected chi connectivity index (χ2v) is 7.70. The quantitative estimate of drug-likeness (QED) is 0.272. The van der Waals surface area contributed by atoms with Crippen molar-refractivity contribution in [3.05, 3.63) is 88.5 Å². The first-order valence-corrected chi connectivity index (χ1v) is 12.5. The maximum Gasteiger partial charge on any atom is 0.257 e. The number of hydrogen-bond acceptors (Lipinski definition) is 5. The number of H-pyrrole nitrogens is 1. The molecule has 8 heteroatoms. The van der Waals surface area contributed by atoms with Crippen molar-refractivity contribution in [2.75, 3.05) is 5.73 Å². The Labute approximate surface area is 216 Å². The number of anilines is 1. The van der Waals surface area contributed by atoms with Gasteiger partial charge in [-0.1, -0.05) is 39.8 Å². The number of nitrogens with two attached hydrogens (primary N) is 1. The highest BCUT2D eigenvalue weighted by Crippen LogP contribution is 2.31. The van der Waals surface area contributed by atoms with E-state index in [2.05, 4.69) is 9.97 Å². The molecular formula is C28H31ClN6O. The summed E-state index contributed by atoms with van der Waals surface area (Å²) in [4.78, 5) is 29.2. The van der Waals surface area contributed by atoms with Crippen LogP contribution in [-0.2, 0) is 5.88 Å². The van der Waals surface area contributed by atoms with Crippen LogP contribution in [0.15, 0.2) is 71.7 Å². The summed E-state index contributed by atoms with van der Waals surface area (Å²) in [6, 6.07) is 18.8. The van der Waals surface area contributed by atoms with Crippen LogP contribution in [0.1, 0.15) is 39.0 Å². The summed E-state index contributed by atoms with van der Waals surface area (Å²) in [6.07, 6.45) is 1.64. The summed E-state index contributed by atoms with van der Waals surface area (Å²) in [7, 11) is 0. The molecule has 36 heavy (non-hydrogen) atoms. The third-order valence-electron chi connectivity index (χ3n) is 5.26. The molecule has 4 aromatic heterocycles.